The quantitative estimate of drug-likeness (QED) is 0.814. The lowest BCUT2D eigenvalue weighted by molar-refractivity contribution is -0.140. The van der Waals surface area contributed by atoms with Gasteiger partial charge >= 0.3 is 5.97 Å². The number of hydrogen-bond acceptors (Lipinski definition) is 2. The van der Waals surface area contributed by atoms with Crippen molar-refractivity contribution in [1.82, 2.24) is 0 Å². The van der Waals surface area contributed by atoms with Crippen LogP contribution >= 0.6 is 11.6 Å². The van der Waals surface area contributed by atoms with E-state index in [1.54, 1.807) is 31.2 Å². The SMILES string of the molecule is CCC(Cl)(C(=O)O)c1cccc(OCc2ccccc2)c1. The number of carbonyl (C=O) groups is 1. The molecule has 1 unspecified atom stereocenters. The molecule has 0 aliphatic carbocycles. The van der Waals surface area contributed by atoms with Crippen molar-refractivity contribution < 1.29 is 14.6 Å². The smallest absolute Gasteiger partial charge is 0.329 e. The van der Waals surface area contributed by atoms with Crippen LogP contribution in [0.25, 0.3) is 0 Å². The van der Waals surface area contributed by atoms with Gasteiger partial charge in [-0.2, -0.15) is 0 Å². The normalized spacial score (nSPS) is 13.4. The third-order valence-corrected chi connectivity index (χ3v) is 4.01. The lowest BCUT2D eigenvalue weighted by Crippen LogP contribution is -2.28. The molecule has 4 heteroatoms. The van der Waals surface area contributed by atoms with E-state index in [1.165, 1.54) is 0 Å². The topological polar surface area (TPSA) is 46.5 Å². The number of halogens is 1. The maximum atomic E-state index is 11.4. The van der Waals surface area contributed by atoms with E-state index in [1.807, 2.05) is 30.3 Å². The van der Waals surface area contributed by atoms with Crippen molar-refractivity contribution in [1.29, 1.82) is 0 Å². The zero-order chi connectivity index (χ0) is 15.3. The number of rotatable bonds is 6. The van der Waals surface area contributed by atoms with Gasteiger partial charge in [0.25, 0.3) is 0 Å². The molecule has 1 atom stereocenters. The van der Waals surface area contributed by atoms with Crippen LogP contribution in [0.2, 0.25) is 0 Å². The summed E-state index contributed by atoms with van der Waals surface area (Å²) in [4.78, 5) is 9.96. The Hall–Kier alpha value is -2.00. The van der Waals surface area contributed by atoms with Crippen LogP contribution in [-0.4, -0.2) is 11.1 Å². The Morgan fingerprint density at radius 1 is 1.19 bits per heavy atom. The molecule has 0 aromatic heterocycles. The molecular formula is C17H17ClO3. The molecule has 0 bridgehead atoms. The van der Waals surface area contributed by atoms with Gasteiger partial charge in [0, 0.05) is 0 Å². The monoisotopic (exact) mass is 304 g/mol. The molecule has 0 fully saturated rings. The molecule has 110 valence electrons. The van der Waals surface area contributed by atoms with E-state index in [0.29, 0.717) is 24.3 Å². The molecule has 0 amide bonds. The van der Waals surface area contributed by atoms with Gasteiger partial charge < -0.3 is 9.84 Å². The third-order valence-electron chi connectivity index (χ3n) is 3.37. The minimum atomic E-state index is -1.41. The van der Waals surface area contributed by atoms with Gasteiger partial charge in [-0.15, -0.1) is 11.6 Å². The number of carboxylic acids is 1. The van der Waals surface area contributed by atoms with E-state index < -0.39 is 10.8 Å². The van der Waals surface area contributed by atoms with Crippen LogP contribution in [0.3, 0.4) is 0 Å². The number of carboxylic acid groups (broad SMARTS) is 1. The van der Waals surface area contributed by atoms with Gasteiger partial charge in [-0.3, -0.25) is 0 Å². The van der Waals surface area contributed by atoms with Crippen LogP contribution in [0.5, 0.6) is 5.75 Å². The molecule has 2 aromatic carbocycles. The van der Waals surface area contributed by atoms with Crippen LogP contribution in [0.15, 0.2) is 54.6 Å². The standard InChI is InChI=1S/C17H17ClO3/c1-2-17(18,16(19)20)14-9-6-10-15(11-14)21-12-13-7-4-3-5-8-13/h3-11H,2,12H2,1H3,(H,19,20). The Morgan fingerprint density at radius 3 is 2.52 bits per heavy atom. The Kier molecular flexibility index (Phi) is 4.86. The molecule has 0 saturated carbocycles. The minimum absolute atomic E-state index is 0.298. The molecule has 1 N–H and O–H groups in total. The lowest BCUT2D eigenvalue weighted by Gasteiger charge is -2.21. The first-order valence-corrected chi connectivity index (χ1v) is 7.13. The van der Waals surface area contributed by atoms with Gasteiger partial charge in [-0.1, -0.05) is 49.4 Å². The van der Waals surface area contributed by atoms with Crippen LogP contribution in [0, 0.1) is 0 Å². The second kappa shape index (κ2) is 6.64. The Bertz CT molecular complexity index is 612. The number of ether oxygens (including phenoxy) is 1. The van der Waals surface area contributed by atoms with Gasteiger partial charge in [0.1, 0.15) is 12.4 Å². The summed E-state index contributed by atoms with van der Waals surface area (Å²) in [6.07, 6.45) is 0.298. The van der Waals surface area contributed by atoms with E-state index in [2.05, 4.69) is 0 Å². The fourth-order valence-electron chi connectivity index (χ4n) is 2.05. The molecule has 21 heavy (non-hydrogen) atoms. The van der Waals surface area contributed by atoms with Gasteiger partial charge in [0.05, 0.1) is 0 Å². The van der Waals surface area contributed by atoms with E-state index >= 15 is 0 Å². The van der Waals surface area contributed by atoms with Crippen molar-refractivity contribution in [3.63, 3.8) is 0 Å². The first kappa shape index (κ1) is 15.4. The second-order valence-corrected chi connectivity index (χ2v) is 5.41. The van der Waals surface area contributed by atoms with Crippen LogP contribution in [-0.2, 0) is 16.3 Å². The van der Waals surface area contributed by atoms with Crippen molar-refractivity contribution in [2.24, 2.45) is 0 Å². The maximum Gasteiger partial charge on any atom is 0.329 e. The highest BCUT2D eigenvalue weighted by Gasteiger charge is 2.36. The van der Waals surface area contributed by atoms with Gasteiger partial charge in [0.2, 0.25) is 0 Å². The molecule has 2 aromatic rings. The highest BCUT2D eigenvalue weighted by Crippen LogP contribution is 2.34. The molecule has 0 heterocycles. The molecule has 0 aliphatic heterocycles. The Morgan fingerprint density at radius 2 is 1.90 bits per heavy atom. The number of alkyl halides is 1. The summed E-state index contributed by atoms with van der Waals surface area (Å²) in [5, 5.41) is 9.31. The predicted molar refractivity (Wildman–Crippen MR) is 82.7 cm³/mol. The number of benzene rings is 2. The van der Waals surface area contributed by atoms with Crippen molar-refractivity contribution in [2.75, 3.05) is 0 Å². The summed E-state index contributed by atoms with van der Waals surface area (Å²) < 4.78 is 5.70. The Balaban J connectivity index is 2.16. The average Bonchev–Trinajstić information content (AvgIpc) is 2.53. The van der Waals surface area contributed by atoms with Crippen molar-refractivity contribution in [3.8, 4) is 5.75 Å². The fraction of sp³-hybridized carbons (Fsp3) is 0.235. The molecule has 2 rings (SSSR count). The molecule has 0 spiro atoms. The van der Waals surface area contributed by atoms with Gasteiger partial charge in [-0.25, -0.2) is 4.79 Å². The zero-order valence-corrected chi connectivity index (χ0v) is 12.5. The van der Waals surface area contributed by atoms with Crippen LogP contribution < -0.4 is 4.74 Å². The minimum Gasteiger partial charge on any atom is -0.489 e. The first-order chi connectivity index (χ1) is 10.1. The predicted octanol–water partition coefficient (Wildman–Crippen LogP) is 4.19. The zero-order valence-electron chi connectivity index (χ0n) is 11.8. The molecule has 0 radical (unpaired) electrons. The second-order valence-electron chi connectivity index (χ2n) is 4.76. The summed E-state index contributed by atoms with van der Waals surface area (Å²) >= 11 is 6.22. The molecule has 0 aliphatic rings. The van der Waals surface area contributed by atoms with Crippen molar-refractivity contribution >= 4 is 17.6 Å². The molecule has 0 saturated heterocycles. The summed E-state index contributed by atoms with van der Waals surface area (Å²) in [7, 11) is 0. The lowest BCUT2D eigenvalue weighted by atomic mass is 9.95. The van der Waals surface area contributed by atoms with Crippen molar-refractivity contribution in [2.45, 2.75) is 24.8 Å². The molecular weight excluding hydrogens is 288 g/mol. The van der Waals surface area contributed by atoms with E-state index in [4.69, 9.17) is 16.3 Å². The molecule has 3 nitrogen and oxygen atoms in total. The van der Waals surface area contributed by atoms with Crippen molar-refractivity contribution in [3.05, 3.63) is 65.7 Å². The summed E-state index contributed by atoms with van der Waals surface area (Å²) in [6.45, 7) is 2.18. The highest BCUT2D eigenvalue weighted by molar-refractivity contribution is 6.33. The number of aliphatic carboxylic acids is 1. The van der Waals surface area contributed by atoms with E-state index in [0.717, 1.165) is 5.56 Å². The summed E-state index contributed by atoms with van der Waals surface area (Å²) in [5.74, 6) is -0.442. The maximum absolute atomic E-state index is 11.4. The highest BCUT2D eigenvalue weighted by atomic mass is 35.5. The average molecular weight is 305 g/mol. The van der Waals surface area contributed by atoms with Crippen LogP contribution in [0.4, 0.5) is 0 Å². The fourth-order valence-corrected chi connectivity index (χ4v) is 2.17. The van der Waals surface area contributed by atoms with E-state index in [9.17, 15) is 9.90 Å². The van der Waals surface area contributed by atoms with Crippen LogP contribution in [0.1, 0.15) is 24.5 Å². The Labute approximate surface area is 129 Å². The van der Waals surface area contributed by atoms with E-state index in [-0.39, 0.29) is 0 Å². The summed E-state index contributed by atoms with van der Waals surface area (Å²) in [5.41, 5.74) is 1.58. The summed E-state index contributed by atoms with van der Waals surface area (Å²) in [6, 6.07) is 16.7. The first-order valence-electron chi connectivity index (χ1n) is 6.76. The number of hydrogen-bond donors (Lipinski definition) is 1. The third kappa shape index (κ3) is 3.56. The van der Waals surface area contributed by atoms with Gasteiger partial charge in [0.15, 0.2) is 4.87 Å². The van der Waals surface area contributed by atoms with Gasteiger partial charge in [-0.05, 0) is 29.7 Å². The largest absolute Gasteiger partial charge is 0.489 e.